The number of amides is 2. The second kappa shape index (κ2) is 7.13. The summed E-state index contributed by atoms with van der Waals surface area (Å²) in [7, 11) is 0. The molecule has 3 rings (SSSR count). The van der Waals surface area contributed by atoms with Crippen molar-refractivity contribution in [2.24, 2.45) is 0 Å². The molecule has 0 aliphatic carbocycles. The van der Waals surface area contributed by atoms with Crippen molar-refractivity contribution in [3.05, 3.63) is 58.4 Å². The summed E-state index contributed by atoms with van der Waals surface area (Å²) >= 11 is 5.79. The Morgan fingerprint density at radius 2 is 1.77 bits per heavy atom. The summed E-state index contributed by atoms with van der Waals surface area (Å²) in [6.45, 7) is 5.76. The topological polar surface area (TPSA) is 88.9 Å². The number of nitrogens with one attached hydrogen (secondary N) is 2. The third-order valence-electron chi connectivity index (χ3n) is 3.89. The molecule has 2 amide bonds. The Labute approximate surface area is 155 Å². The maximum Gasteiger partial charge on any atom is 0.271 e. The van der Waals surface area contributed by atoms with Gasteiger partial charge in [-0.1, -0.05) is 11.6 Å². The van der Waals surface area contributed by atoms with Crippen molar-refractivity contribution in [1.82, 2.24) is 25.6 Å². The van der Waals surface area contributed by atoms with Crippen LogP contribution in [0.4, 0.5) is 0 Å². The first-order valence-electron chi connectivity index (χ1n) is 8.08. The van der Waals surface area contributed by atoms with Crippen LogP contribution in [0.1, 0.15) is 46.3 Å². The van der Waals surface area contributed by atoms with Gasteiger partial charge in [0.2, 0.25) is 0 Å². The van der Waals surface area contributed by atoms with Crippen LogP contribution >= 0.6 is 11.6 Å². The Morgan fingerprint density at radius 1 is 1.12 bits per heavy atom. The van der Waals surface area contributed by atoms with E-state index in [1.54, 1.807) is 48.1 Å². The van der Waals surface area contributed by atoms with Gasteiger partial charge >= 0.3 is 0 Å². The highest BCUT2D eigenvalue weighted by Gasteiger charge is 2.16. The molecule has 0 aliphatic rings. The number of hydrogen-bond donors (Lipinski definition) is 2. The SMILES string of the molecule is Cc1nc2c(cnn2C(C)C)cc1C(=O)NNC(=O)c1ccc(Cl)cc1. The zero-order valence-corrected chi connectivity index (χ0v) is 15.3. The fraction of sp³-hybridized carbons (Fsp3) is 0.222. The maximum atomic E-state index is 12.4. The number of aromatic nitrogens is 3. The summed E-state index contributed by atoms with van der Waals surface area (Å²) in [6.07, 6.45) is 1.67. The van der Waals surface area contributed by atoms with E-state index in [1.165, 1.54) is 0 Å². The molecule has 0 aliphatic heterocycles. The maximum absolute atomic E-state index is 12.4. The molecule has 8 heteroatoms. The number of pyridine rings is 1. The number of carbonyl (C=O) groups is 2. The Balaban J connectivity index is 1.76. The van der Waals surface area contributed by atoms with Crippen LogP contribution < -0.4 is 10.9 Å². The highest BCUT2D eigenvalue weighted by atomic mass is 35.5. The van der Waals surface area contributed by atoms with Gasteiger partial charge in [-0.2, -0.15) is 5.10 Å². The van der Waals surface area contributed by atoms with E-state index in [0.717, 1.165) is 11.0 Å². The van der Waals surface area contributed by atoms with E-state index in [2.05, 4.69) is 20.9 Å². The number of benzene rings is 1. The summed E-state index contributed by atoms with van der Waals surface area (Å²) < 4.78 is 1.80. The van der Waals surface area contributed by atoms with E-state index >= 15 is 0 Å². The van der Waals surface area contributed by atoms with Gasteiger partial charge < -0.3 is 0 Å². The molecule has 3 aromatic rings. The van der Waals surface area contributed by atoms with Crippen molar-refractivity contribution in [2.45, 2.75) is 26.8 Å². The molecule has 134 valence electrons. The molecule has 0 spiro atoms. The molecule has 0 saturated carbocycles. The first-order valence-corrected chi connectivity index (χ1v) is 8.45. The average molecular weight is 372 g/mol. The van der Waals surface area contributed by atoms with Crippen LogP contribution in [0.15, 0.2) is 36.5 Å². The number of halogens is 1. The minimum Gasteiger partial charge on any atom is -0.267 e. The molecule has 2 N–H and O–H groups in total. The van der Waals surface area contributed by atoms with E-state index in [4.69, 9.17) is 11.6 Å². The molecular weight excluding hydrogens is 354 g/mol. The smallest absolute Gasteiger partial charge is 0.267 e. The van der Waals surface area contributed by atoms with Crippen LogP contribution in [0.2, 0.25) is 5.02 Å². The number of carbonyl (C=O) groups excluding carboxylic acids is 2. The Hall–Kier alpha value is -2.93. The molecule has 0 radical (unpaired) electrons. The van der Waals surface area contributed by atoms with Crippen LogP contribution in [-0.4, -0.2) is 26.6 Å². The first-order chi connectivity index (χ1) is 12.4. The van der Waals surface area contributed by atoms with Crippen molar-refractivity contribution < 1.29 is 9.59 Å². The lowest BCUT2D eigenvalue weighted by atomic mass is 10.1. The Kier molecular flexibility index (Phi) is 4.90. The number of rotatable bonds is 3. The Morgan fingerprint density at radius 3 is 2.42 bits per heavy atom. The first kappa shape index (κ1) is 17.9. The second-order valence-electron chi connectivity index (χ2n) is 6.13. The number of hydrazine groups is 1. The number of nitrogens with zero attached hydrogens (tertiary/aromatic N) is 3. The fourth-order valence-corrected chi connectivity index (χ4v) is 2.65. The molecule has 0 fully saturated rings. The summed E-state index contributed by atoms with van der Waals surface area (Å²) in [5.74, 6) is -0.883. The molecule has 0 unspecified atom stereocenters. The second-order valence-corrected chi connectivity index (χ2v) is 6.57. The van der Waals surface area contributed by atoms with Crippen molar-refractivity contribution in [3.63, 3.8) is 0 Å². The van der Waals surface area contributed by atoms with Crippen LogP contribution in [-0.2, 0) is 0 Å². The van der Waals surface area contributed by atoms with Crippen molar-refractivity contribution in [1.29, 1.82) is 0 Å². The van der Waals surface area contributed by atoms with Gasteiger partial charge in [0, 0.05) is 22.0 Å². The quantitative estimate of drug-likeness (QED) is 0.692. The van der Waals surface area contributed by atoms with Gasteiger partial charge in [-0.3, -0.25) is 20.4 Å². The number of hydrogen-bond acceptors (Lipinski definition) is 4. The number of fused-ring (bicyclic) bond motifs is 1. The van der Waals surface area contributed by atoms with Crippen molar-refractivity contribution in [2.75, 3.05) is 0 Å². The predicted molar refractivity (Wildman–Crippen MR) is 99.0 cm³/mol. The molecule has 0 bridgehead atoms. The molecule has 0 atom stereocenters. The normalized spacial score (nSPS) is 11.0. The van der Waals surface area contributed by atoms with Crippen LogP contribution in [0, 0.1) is 6.92 Å². The molecule has 0 saturated heterocycles. The molecular formula is C18H18ClN5O2. The molecule has 26 heavy (non-hydrogen) atoms. The highest BCUT2D eigenvalue weighted by Crippen LogP contribution is 2.19. The molecule has 2 heterocycles. The summed E-state index contributed by atoms with van der Waals surface area (Å²) in [4.78, 5) is 29.0. The van der Waals surface area contributed by atoms with E-state index in [-0.39, 0.29) is 6.04 Å². The van der Waals surface area contributed by atoms with E-state index in [9.17, 15) is 9.59 Å². The Bertz CT molecular complexity index is 979. The minimum atomic E-state index is -0.448. The molecule has 1 aromatic carbocycles. The zero-order valence-electron chi connectivity index (χ0n) is 14.6. The van der Waals surface area contributed by atoms with Crippen LogP contribution in [0.3, 0.4) is 0 Å². The van der Waals surface area contributed by atoms with Crippen LogP contribution in [0.25, 0.3) is 11.0 Å². The van der Waals surface area contributed by atoms with Gasteiger partial charge in [-0.05, 0) is 51.1 Å². The minimum absolute atomic E-state index is 0.165. The molecule has 2 aromatic heterocycles. The summed E-state index contributed by atoms with van der Waals surface area (Å²) in [5, 5.41) is 5.59. The van der Waals surface area contributed by atoms with E-state index in [0.29, 0.717) is 21.8 Å². The predicted octanol–water partition coefficient (Wildman–Crippen LogP) is 3.05. The van der Waals surface area contributed by atoms with Crippen LogP contribution in [0.5, 0.6) is 0 Å². The fourth-order valence-electron chi connectivity index (χ4n) is 2.53. The average Bonchev–Trinajstić information content (AvgIpc) is 3.02. The standard InChI is InChI=1S/C18H18ClN5O2/c1-10(2)24-16-13(9-20-24)8-15(11(3)21-16)18(26)23-22-17(25)12-4-6-14(19)7-5-12/h4-10H,1-3H3,(H,22,25)(H,23,26). The van der Waals surface area contributed by atoms with Gasteiger partial charge in [0.25, 0.3) is 11.8 Å². The summed E-state index contributed by atoms with van der Waals surface area (Å²) in [6, 6.07) is 8.23. The summed E-state index contributed by atoms with van der Waals surface area (Å²) in [5.41, 5.74) is 6.83. The lowest BCUT2D eigenvalue weighted by Gasteiger charge is -2.10. The third kappa shape index (κ3) is 3.52. The van der Waals surface area contributed by atoms with Crippen molar-refractivity contribution in [3.8, 4) is 0 Å². The highest BCUT2D eigenvalue weighted by molar-refractivity contribution is 6.30. The largest absolute Gasteiger partial charge is 0.271 e. The van der Waals surface area contributed by atoms with Crippen molar-refractivity contribution >= 4 is 34.4 Å². The lowest BCUT2D eigenvalue weighted by molar-refractivity contribution is 0.0846. The van der Waals surface area contributed by atoms with Gasteiger partial charge in [0.15, 0.2) is 5.65 Å². The van der Waals surface area contributed by atoms with Gasteiger partial charge in [0.05, 0.1) is 17.5 Å². The number of aryl methyl sites for hydroxylation is 1. The zero-order chi connectivity index (χ0) is 18.8. The van der Waals surface area contributed by atoms with Gasteiger partial charge in [-0.15, -0.1) is 0 Å². The lowest BCUT2D eigenvalue weighted by Crippen LogP contribution is -2.41. The third-order valence-corrected chi connectivity index (χ3v) is 4.14. The van der Waals surface area contributed by atoms with E-state index < -0.39 is 11.8 Å². The molecule has 7 nitrogen and oxygen atoms in total. The van der Waals surface area contributed by atoms with Gasteiger partial charge in [0.1, 0.15) is 0 Å². The van der Waals surface area contributed by atoms with Gasteiger partial charge in [-0.25, -0.2) is 9.67 Å². The monoisotopic (exact) mass is 371 g/mol. The van der Waals surface area contributed by atoms with E-state index in [1.807, 2.05) is 13.8 Å².